The molecule has 0 fully saturated rings. The van der Waals surface area contributed by atoms with Crippen LogP contribution < -0.4 is 0 Å². The molecular weight excluding hydrogens is 252 g/mol. The lowest BCUT2D eigenvalue weighted by atomic mass is 10.0. The minimum atomic E-state index is 0.766. The molecule has 0 unspecified atom stereocenters. The van der Waals surface area contributed by atoms with Gasteiger partial charge in [0.05, 0.1) is 0 Å². The normalized spacial score (nSPS) is 11.2. The molecule has 0 aliphatic carbocycles. The summed E-state index contributed by atoms with van der Waals surface area (Å²) in [5.74, 6) is 0. The summed E-state index contributed by atoms with van der Waals surface area (Å²) in [6.07, 6.45) is 4.25. The quantitative estimate of drug-likeness (QED) is 0.524. The zero-order chi connectivity index (χ0) is 13.1. The first kappa shape index (κ1) is 12.0. The fourth-order valence-electron chi connectivity index (χ4n) is 2.16. The molecule has 0 aliphatic heterocycles. The number of benzene rings is 3. The van der Waals surface area contributed by atoms with Crippen LogP contribution in [0.25, 0.3) is 22.9 Å². The zero-order valence-electron chi connectivity index (χ0n) is 10.4. The van der Waals surface area contributed by atoms with Crippen LogP contribution in [0.3, 0.4) is 0 Å². The smallest absolute Gasteiger partial charge is 0.0406 e. The van der Waals surface area contributed by atoms with Crippen molar-refractivity contribution in [3.8, 4) is 0 Å². The van der Waals surface area contributed by atoms with E-state index in [1.54, 1.807) is 0 Å². The van der Waals surface area contributed by atoms with Gasteiger partial charge in [0.15, 0.2) is 0 Å². The molecule has 0 amide bonds. The molecule has 0 spiro atoms. The largest absolute Gasteiger partial charge is 0.0843 e. The van der Waals surface area contributed by atoms with Crippen LogP contribution in [0.4, 0.5) is 0 Å². The molecule has 0 nitrogen and oxygen atoms in total. The fraction of sp³-hybridized carbons (Fsp3) is 0. The third-order valence-electron chi connectivity index (χ3n) is 3.15. The average molecular weight is 265 g/mol. The molecule has 0 heterocycles. The highest BCUT2D eigenvalue weighted by molar-refractivity contribution is 6.30. The molecule has 0 N–H and O–H groups in total. The van der Waals surface area contributed by atoms with Gasteiger partial charge in [0.1, 0.15) is 0 Å². The number of hydrogen-bond acceptors (Lipinski definition) is 0. The van der Waals surface area contributed by atoms with Crippen molar-refractivity contribution < 1.29 is 0 Å². The van der Waals surface area contributed by atoms with Gasteiger partial charge in [-0.25, -0.2) is 0 Å². The molecule has 0 bridgehead atoms. The van der Waals surface area contributed by atoms with Crippen molar-refractivity contribution in [2.75, 3.05) is 0 Å². The van der Waals surface area contributed by atoms with Gasteiger partial charge in [0.25, 0.3) is 0 Å². The molecule has 92 valence electrons. The van der Waals surface area contributed by atoms with Crippen LogP contribution in [0.5, 0.6) is 0 Å². The number of rotatable bonds is 2. The summed E-state index contributed by atoms with van der Waals surface area (Å²) in [6.45, 7) is 0. The highest BCUT2D eigenvalue weighted by Crippen LogP contribution is 2.21. The Morgan fingerprint density at radius 2 is 1.42 bits per heavy atom. The number of halogens is 1. The molecule has 3 aromatic carbocycles. The Hall–Kier alpha value is -2.05. The molecule has 1 heteroatoms. The molecule has 0 aliphatic rings. The van der Waals surface area contributed by atoms with Gasteiger partial charge in [-0.2, -0.15) is 0 Å². The van der Waals surface area contributed by atoms with Crippen molar-refractivity contribution in [3.63, 3.8) is 0 Å². The van der Waals surface area contributed by atoms with Gasteiger partial charge < -0.3 is 0 Å². The first-order chi connectivity index (χ1) is 9.33. The molecule has 0 saturated heterocycles. The van der Waals surface area contributed by atoms with Gasteiger partial charge in [0.2, 0.25) is 0 Å². The summed E-state index contributed by atoms with van der Waals surface area (Å²) < 4.78 is 0. The predicted octanol–water partition coefficient (Wildman–Crippen LogP) is 5.66. The molecular formula is C18H13Cl. The van der Waals surface area contributed by atoms with E-state index in [1.165, 1.54) is 16.3 Å². The van der Waals surface area contributed by atoms with Crippen molar-refractivity contribution in [1.29, 1.82) is 0 Å². The number of hydrogen-bond donors (Lipinski definition) is 0. The highest BCUT2D eigenvalue weighted by Gasteiger charge is 1.96. The third-order valence-corrected chi connectivity index (χ3v) is 3.40. The van der Waals surface area contributed by atoms with Crippen molar-refractivity contribution in [2.45, 2.75) is 0 Å². The Morgan fingerprint density at radius 3 is 2.26 bits per heavy atom. The van der Waals surface area contributed by atoms with Crippen LogP contribution in [0.1, 0.15) is 11.1 Å². The Morgan fingerprint density at radius 1 is 0.684 bits per heavy atom. The molecule has 0 radical (unpaired) electrons. The second kappa shape index (κ2) is 5.29. The molecule has 19 heavy (non-hydrogen) atoms. The lowest BCUT2D eigenvalue weighted by Gasteiger charge is -2.01. The molecule has 0 atom stereocenters. The van der Waals surface area contributed by atoms with Crippen molar-refractivity contribution in [1.82, 2.24) is 0 Å². The number of fused-ring (bicyclic) bond motifs is 1. The second-order valence-electron chi connectivity index (χ2n) is 4.45. The molecule has 0 saturated carbocycles. The van der Waals surface area contributed by atoms with E-state index in [9.17, 15) is 0 Å². The van der Waals surface area contributed by atoms with Gasteiger partial charge in [-0.1, -0.05) is 78.4 Å². The lowest BCUT2D eigenvalue weighted by molar-refractivity contribution is 1.66. The van der Waals surface area contributed by atoms with Crippen LogP contribution in [-0.2, 0) is 0 Å². The first-order valence-corrected chi connectivity index (χ1v) is 6.62. The minimum absolute atomic E-state index is 0.766. The van der Waals surface area contributed by atoms with Gasteiger partial charge in [-0.15, -0.1) is 0 Å². The Bertz CT molecular complexity index is 719. The van der Waals surface area contributed by atoms with Crippen molar-refractivity contribution in [2.24, 2.45) is 0 Å². The summed E-state index contributed by atoms with van der Waals surface area (Å²) in [7, 11) is 0. The highest BCUT2D eigenvalue weighted by atomic mass is 35.5. The molecule has 0 aromatic heterocycles. The maximum atomic E-state index is 5.88. The van der Waals surface area contributed by atoms with Crippen molar-refractivity contribution in [3.05, 3.63) is 82.9 Å². The van der Waals surface area contributed by atoms with E-state index >= 15 is 0 Å². The Labute approximate surface area is 118 Å². The summed E-state index contributed by atoms with van der Waals surface area (Å²) in [5.41, 5.74) is 2.38. The SMILES string of the molecule is Clc1ccc(C=Cc2cccc3ccccc23)cc1. The molecule has 3 aromatic rings. The van der Waals surface area contributed by atoms with E-state index < -0.39 is 0 Å². The summed E-state index contributed by atoms with van der Waals surface area (Å²) in [5, 5.41) is 3.30. The second-order valence-corrected chi connectivity index (χ2v) is 4.89. The van der Waals surface area contributed by atoms with Crippen LogP contribution in [0.15, 0.2) is 66.7 Å². The van der Waals surface area contributed by atoms with Gasteiger partial charge in [-0.3, -0.25) is 0 Å². The average Bonchev–Trinajstić information content (AvgIpc) is 2.47. The monoisotopic (exact) mass is 264 g/mol. The standard InChI is InChI=1S/C18H13Cl/c19-17-12-9-14(10-13-17)8-11-16-6-3-5-15-4-1-2-7-18(15)16/h1-13H. The van der Waals surface area contributed by atoms with Crippen LogP contribution in [-0.4, -0.2) is 0 Å². The van der Waals surface area contributed by atoms with E-state index in [4.69, 9.17) is 11.6 Å². The van der Waals surface area contributed by atoms with E-state index in [0.717, 1.165) is 10.6 Å². The Balaban J connectivity index is 1.99. The summed E-state index contributed by atoms with van der Waals surface area (Å²) in [6, 6.07) is 22.6. The lowest BCUT2D eigenvalue weighted by Crippen LogP contribution is -1.77. The summed E-state index contributed by atoms with van der Waals surface area (Å²) in [4.78, 5) is 0. The van der Waals surface area contributed by atoms with Crippen LogP contribution in [0, 0.1) is 0 Å². The topological polar surface area (TPSA) is 0 Å². The minimum Gasteiger partial charge on any atom is -0.0843 e. The van der Waals surface area contributed by atoms with E-state index in [1.807, 2.05) is 24.3 Å². The third kappa shape index (κ3) is 2.69. The Kier molecular flexibility index (Phi) is 3.35. The zero-order valence-corrected chi connectivity index (χ0v) is 11.1. The van der Waals surface area contributed by atoms with Gasteiger partial charge >= 0.3 is 0 Å². The van der Waals surface area contributed by atoms with Crippen molar-refractivity contribution >= 4 is 34.5 Å². The van der Waals surface area contributed by atoms with Crippen LogP contribution >= 0.6 is 11.6 Å². The summed E-state index contributed by atoms with van der Waals surface area (Å²) >= 11 is 5.88. The van der Waals surface area contributed by atoms with E-state index in [-0.39, 0.29) is 0 Å². The predicted molar refractivity (Wildman–Crippen MR) is 84.3 cm³/mol. The van der Waals surface area contributed by atoms with Gasteiger partial charge in [-0.05, 0) is 34.0 Å². The maximum Gasteiger partial charge on any atom is 0.0406 e. The van der Waals surface area contributed by atoms with Crippen LogP contribution in [0.2, 0.25) is 5.02 Å². The van der Waals surface area contributed by atoms with E-state index in [2.05, 4.69) is 54.6 Å². The fourth-order valence-corrected chi connectivity index (χ4v) is 2.28. The molecule has 3 rings (SSSR count). The first-order valence-electron chi connectivity index (χ1n) is 6.24. The maximum absolute atomic E-state index is 5.88. The van der Waals surface area contributed by atoms with Gasteiger partial charge in [0, 0.05) is 5.02 Å². The van der Waals surface area contributed by atoms with E-state index in [0.29, 0.717) is 0 Å².